The fourth-order valence-electron chi connectivity index (χ4n) is 3.29. The van der Waals surface area contributed by atoms with Crippen molar-refractivity contribution in [2.45, 2.75) is 66.0 Å². The molecule has 1 aliphatic heterocycles. The molecule has 0 aromatic heterocycles. The third kappa shape index (κ3) is 6.24. The first-order valence-electron chi connectivity index (χ1n) is 8.07. The summed E-state index contributed by atoms with van der Waals surface area (Å²) >= 11 is 0. The lowest BCUT2D eigenvalue weighted by Gasteiger charge is -2.27. The Kier molecular flexibility index (Phi) is 6.78. The molecule has 3 nitrogen and oxygen atoms in total. The molecule has 2 N–H and O–H groups in total. The van der Waals surface area contributed by atoms with Gasteiger partial charge in [0.15, 0.2) is 0 Å². The summed E-state index contributed by atoms with van der Waals surface area (Å²) < 4.78 is 0. The van der Waals surface area contributed by atoms with Crippen LogP contribution in [0.2, 0.25) is 0 Å². The third-order valence-electron chi connectivity index (χ3n) is 4.27. The van der Waals surface area contributed by atoms with E-state index in [2.05, 4.69) is 44.4 Å². The van der Waals surface area contributed by atoms with Crippen LogP contribution in [-0.4, -0.2) is 54.6 Å². The lowest BCUT2D eigenvalue weighted by molar-refractivity contribution is 0.207. The van der Waals surface area contributed by atoms with Gasteiger partial charge >= 0.3 is 0 Å². The minimum atomic E-state index is 0.354. The Morgan fingerprint density at radius 1 is 1.26 bits per heavy atom. The number of nitrogens with two attached hydrogens (primary N) is 1. The van der Waals surface area contributed by atoms with Crippen molar-refractivity contribution in [3.8, 4) is 0 Å². The second-order valence-electron chi connectivity index (χ2n) is 7.28. The molecule has 1 heterocycles. The second kappa shape index (κ2) is 7.61. The molecule has 0 radical (unpaired) electrons. The number of rotatable bonds is 7. The second-order valence-corrected chi connectivity index (χ2v) is 7.28. The van der Waals surface area contributed by atoms with Gasteiger partial charge in [0.05, 0.1) is 0 Å². The van der Waals surface area contributed by atoms with E-state index in [1.54, 1.807) is 0 Å². The highest BCUT2D eigenvalue weighted by Crippen LogP contribution is 2.22. The maximum absolute atomic E-state index is 6.25. The minimum Gasteiger partial charge on any atom is -0.328 e. The summed E-state index contributed by atoms with van der Waals surface area (Å²) in [5.74, 6) is 0. The number of nitrogens with zero attached hydrogens (tertiary/aromatic N) is 2. The molecule has 1 rings (SSSR count). The first-order valence-corrected chi connectivity index (χ1v) is 8.07. The van der Waals surface area contributed by atoms with E-state index in [0.717, 1.165) is 18.9 Å². The van der Waals surface area contributed by atoms with Gasteiger partial charge < -0.3 is 10.6 Å². The fraction of sp³-hybridized carbons (Fsp3) is 1.00. The minimum absolute atomic E-state index is 0.354. The summed E-state index contributed by atoms with van der Waals surface area (Å²) in [5, 5.41) is 0. The van der Waals surface area contributed by atoms with Crippen LogP contribution in [0.3, 0.4) is 0 Å². The van der Waals surface area contributed by atoms with Crippen LogP contribution in [0.1, 0.15) is 53.9 Å². The Morgan fingerprint density at radius 3 is 2.42 bits per heavy atom. The molecule has 0 amide bonds. The smallest absolute Gasteiger partial charge is 0.0235 e. The summed E-state index contributed by atoms with van der Waals surface area (Å²) in [5.41, 5.74) is 6.60. The monoisotopic (exact) mass is 269 g/mol. The van der Waals surface area contributed by atoms with E-state index < -0.39 is 0 Å². The Bertz CT molecular complexity index is 243. The Hall–Kier alpha value is -0.120. The molecule has 1 saturated heterocycles. The molecular weight excluding hydrogens is 234 g/mol. The number of likely N-dealkylation sites (N-methyl/N-ethyl adjacent to an activating group) is 1. The zero-order valence-electron chi connectivity index (χ0n) is 13.8. The molecule has 0 spiro atoms. The van der Waals surface area contributed by atoms with Gasteiger partial charge in [-0.05, 0) is 50.9 Å². The van der Waals surface area contributed by atoms with E-state index in [1.165, 1.54) is 39.1 Å². The van der Waals surface area contributed by atoms with E-state index in [4.69, 9.17) is 5.73 Å². The van der Waals surface area contributed by atoms with Crippen LogP contribution in [0.5, 0.6) is 0 Å². The van der Waals surface area contributed by atoms with Gasteiger partial charge in [0, 0.05) is 18.6 Å². The molecule has 0 aliphatic carbocycles. The van der Waals surface area contributed by atoms with E-state index in [9.17, 15) is 0 Å². The van der Waals surface area contributed by atoms with Gasteiger partial charge in [-0.3, -0.25) is 4.90 Å². The van der Waals surface area contributed by atoms with E-state index in [1.807, 2.05) is 0 Å². The Labute approximate surface area is 120 Å². The largest absolute Gasteiger partial charge is 0.328 e. The molecule has 1 aliphatic rings. The highest BCUT2D eigenvalue weighted by Gasteiger charge is 2.26. The van der Waals surface area contributed by atoms with Crippen molar-refractivity contribution in [2.75, 3.05) is 32.7 Å². The van der Waals surface area contributed by atoms with Crippen LogP contribution in [0.15, 0.2) is 0 Å². The summed E-state index contributed by atoms with van der Waals surface area (Å²) in [6.07, 6.45) is 3.60. The van der Waals surface area contributed by atoms with Crippen molar-refractivity contribution >= 4 is 0 Å². The van der Waals surface area contributed by atoms with Crippen molar-refractivity contribution in [1.29, 1.82) is 0 Å². The maximum atomic E-state index is 6.25. The van der Waals surface area contributed by atoms with E-state index >= 15 is 0 Å². The van der Waals surface area contributed by atoms with E-state index in [0.29, 0.717) is 11.5 Å². The SMILES string of the molecule is CCN(CC)C1CCN(CCC(N)CC(C)(C)C)C1. The molecule has 0 bridgehead atoms. The van der Waals surface area contributed by atoms with Gasteiger partial charge in [-0.15, -0.1) is 0 Å². The van der Waals surface area contributed by atoms with Gasteiger partial charge in [-0.1, -0.05) is 34.6 Å². The van der Waals surface area contributed by atoms with Crippen LogP contribution < -0.4 is 5.73 Å². The van der Waals surface area contributed by atoms with Crippen LogP contribution in [0.4, 0.5) is 0 Å². The average molecular weight is 269 g/mol. The van der Waals surface area contributed by atoms with Gasteiger partial charge in [-0.2, -0.15) is 0 Å². The van der Waals surface area contributed by atoms with Crippen LogP contribution >= 0.6 is 0 Å². The molecule has 1 fully saturated rings. The predicted octanol–water partition coefficient (Wildman–Crippen LogP) is 2.56. The van der Waals surface area contributed by atoms with Crippen molar-refractivity contribution in [1.82, 2.24) is 9.80 Å². The standard InChI is InChI=1S/C16H35N3/c1-6-19(7-2)15-9-11-18(13-15)10-8-14(17)12-16(3,4)5/h14-15H,6-13,17H2,1-5H3. The molecule has 0 aromatic rings. The van der Waals surface area contributed by atoms with Crippen molar-refractivity contribution in [3.05, 3.63) is 0 Å². The number of hydrogen-bond acceptors (Lipinski definition) is 3. The number of hydrogen-bond donors (Lipinski definition) is 1. The first kappa shape index (κ1) is 16.9. The lowest BCUT2D eigenvalue weighted by Crippen LogP contribution is -2.38. The first-order chi connectivity index (χ1) is 8.85. The molecule has 0 aromatic carbocycles. The molecule has 2 unspecified atom stereocenters. The quantitative estimate of drug-likeness (QED) is 0.771. The number of likely N-dealkylation sites (tertiary alicyclic amines) is 1. The molecule has 0 saturated carbocycles. The molecular formula is C16H35N3. The zero-order chi connectivity index (χ0) is 14.5. The third-order valence-corrected chi connectivity index (χ3v) is 4.27. The van der Waals surface area contributed by atoms with Crippen LogP contribution in [0, 0.1) is 5.41 Å². The average Bonchev–Trinajstić information content (AvgIpc) is 2.75. The lowest BCUT2D eigenvalue weighted by atomic mass is 9.87. The Morgan fingerprint density at radius 2 is 1.89 bits per heavy atom. The normalized spacial score (nSPS) is 23.2. The topological polar surface area (TPSA) is 32.5 Å². The Balaban J connectivity index is 2.25. The summed E-state index contributed by atoms with van der Waals surface area (Å²) in [6.45, 7) is 17.4. The summed E-state index contributed by atoms with van der Waals surface area (Å²) in [6, 6.07) is 1.13. The zero-order valence-corrected chi connectivity index (χ0v) is 13.8. The highest BCUT2D eigenvalue weighted by atomic mass is 15.2. The highest BCUT2D eigenvalue weighted by molar-refractivity contribution is 4.83. The van der Waals surface area contributed by atoms with Gasteiger partial charge in [0.1, 0.15) is 0 Å². The molecule has 3 heteroatoms. The van der Waals surface area contributed by atoms with Crippen molar-refractivity contribution < 1.29 is 0 Å². The van der Waals surface area contributed by atoms with Gasteiger partial charge in [0.2, 0.25) is 0 Å². The molecule has 114 valence electrons. The predicted molar refractivity (Wildman–Crippen MR) is 84.4 cm³/mol. The van der Waals surface area contributed by atoms with Crippen LogP contribution in [0.25, 0.3) is 0 Å². The van der Waals surface area contributed by atoms with E-state index in [-0.39, 0.29) is 0 Å². The molecule has 19 heavy (non-hydrogen) atoms. The van der Waals surface area contributed by atoms with Gasteiger partial charge in [0.25, 0.3) is 0 Å². The maximum Gasteiger partial charge on any atom is 0.0235 e. The van der Waals surface area contributed by atoms with Crippen molar-refractivity contribution in [3.63, 3.8) is 0 Å². The van der Waals surface area contributed by atoms with Crippen molar-refractivity contribution in [2.24, 2.45) is 11.1 Å². The molecule has 2 atom stereocenters. The van der Waals surface area contributed by atoms with Gasteiger partial charge in [-0.25, -0.2) is 0 Å². The van der Waals surface area contributed by atoms with Crippen LogP contribution in [-0.2, 0) is 0 Å². The summed E-state index contributed by atoms with van der Waals surface area (Å²) in [4.78, 5) is 5.20. The fourth-order valence-corrected chi connectivity index (χ4v) is 3.29. The summed E-state index contributed by atoms with van der Waals surface area (Å²) in [7, 11) is 0.